The van der Waals surface area contributed by atoms with Gasteiger partial charge in [-0.05, 0) is 61.1 Å². The number of nitrogens with one attached hydrogen (secondary N) is 1. The number of piperidine rings is 1. The van der Waals surface area contributed by atoms with Gasteiger partial charge in [0.1, 0.15) is 18.6 Å². The van der Waals surface area contributed by atoms with Crippen molar-refractivity contribution in [3.8, 4) is 11.5 Å². The summed E-state index contributed by atoms with van der Waals surface area (Å²) in [5.74, 6) is 2.55. The Hall–Kier alpha value is -2.53. The molecule has 1 aliphatic heterocycles. The lowest BCUT2D eigenvalue weighted by molar-refractivity contribution is 0.180. The first kappa shape index (κ1) is 22.7. The molecule has 2 aliphatic rings. The molecule has 0 radical (unpaired) electrons. The zero-order chi connectivity index (χ0) is 22.3. The summed E-state index contributed by atoms with van der Waals surface area (Å²) in [7, 11) is 1.66. The van der Waals surface area contributed by atoms with Gasteiger partial charge in [0.15, 0.2) is 0 Å². The van der Waals surface area contributed by atoms with Gasteiger partial charge < -0.3 is 19.6 Å². The highest BCUT2D eigenvalue weighted by atomic mass is 16.6. The van der Waals surface area contributed by atoms with Crippen LogP contribution < -0.4 is 14.8 Å². The Kier molecular flexibility index (Phi) is 7.69. The molecule has 0 unspecified atom stereocenters. The van der Waals surface area contributed by atoms with Crippen molar-refractivity contribution < 1.29 is 14.3 Å². The molecule has 1 aliphatic carbocycles. The van der Waals surface area contributed by atoms with E-state index in [9.17, 15) is 0 Å². The highest BCUT2D eigenvalue weighted by Crippen LogP contribution is 2.46. The fraction of sp³-hybridized carbons (Fsp3) is 0.519. The van der Waals surface area contributed by atoms with Gasteiger partial charge in [0.05, 0.1) is 18.9 Å². The molecule has 0 spiro atoms. The molecule has 4 atom stereocenters. The van der Waals surface area contributed by atoms with Crippen LogP contribution in [-0.4, -0.2) is 26.0 Å². The molecule has 2 fully saturated rings. The molecule has 1 heterocycles. The van der Waals surface area contributed by atoms with Crippen molar-refractivity contribution in [2.45, 2.75) is 58.0 Å². The Morgan fingerprint density at radius 3 is 1.66 bits per heavy atom. The lowest BCUT2D eigenvalue weighted by Gasteiger charge is -2.47. The van der Waals surface area contributed by atoms with Crippen LogP contribution in [0, 0.1) is 11.8 Å². The predicted molar refractivity (Wildman–Crippen MR) is 128 cm³/mol. The normalized spacial score (nSPS) is 26.0. The van der Waals surface area contributed by atoms with Gasteiger partial charge in [0.25, 0.3) is 0 Å². The van der Waals surface area contributed by atoms with Gasteiger partial charge in [-0.2, -0.15) is 0 Å². The Morgan fingerprint density at radius 2 is 1.25 bits per heavy atom. The zero-order valence-corrected chi connectivity index (χ0v) is 19.5. The standard InChI is InChI=1S/C27H36N2O3/c1-4-17-31-21-13-9-19(10-14-21)25-23-7-6-8-24(27(23)29-30-3)26(28-25)20-11-15-22(16-12-20)32-18-5-2/h9-16,23-26,28H,4-8,17-18H2,1-3H3/t23-,24+,25+,26-. The molecule has 5 nitrogen and oxygen atoms in total. The van der Waals surface area contributed by atoms with Gasteiger partial charge in [0.2, 0.25) is 0 Å². The molecule has 1 saturated heterocycles. The topological polar surface area (TPSA) is 52.1 Å². The minimum atomic E-state index is 0.196. The van der Waals surface area contributed by atoms with E-state index < -0.39 is 0 Å². The molecule has 1 N–H and O–H groups in total. The average molecular weight is 437 g/mol. The third kappa shape index (κ3) is 4.93. The Morgan fingerprint density at radius 1 is 0.781 bits per heavy atom. The van der Waals surface area contributed by atoms with E-state index in [0.717, 1.165) is 50.4 Å². The fourth-order valence-electron chi connectivity index (χ4n) is 5.11. The molecular weight excluding hydrogens is 400 g/mol. The third-order valence-corrected chi connectivity index (χ3v) is 6.57. The van der Waals surface area contributed by atoms with Crippen LogP contribution in [0.5, 0.6) is 11.5 Å². The smallest absolute Gasteiger partial charge is 0.119 e. The van der Waals surface area contributed by atoms with Crippen molar-refractivity contribution in [3.63, 3.8) is 0 Å². The van der Waals surface area contributed by atoms with E-state index in [-0.39, 0.29) is 12.1 Å². The monoisotopic (exact) mass is 436 g/mol. The van der Waals surface area contributed by atoms with Crippen LogP contribution in [0.15, 0.2) is 53.7 Å². The SMILES string of the molecule is CCCOc1ccc([C@H]2N[C@@H](c3ccc(OCCC)cc3)[C@H]3CCC[C@@H]2C3=NOC)cc1. The Bertz CT molecular complexity index is 811. The van der Waals surface area contributed by atoms with Crippen molar-refractivity contribution in [1.29, 1.82) is 0 Å². The second-order valence-electron chi connectivity index (χ2n) is 8.80. The number of hydrogen-bond acceptors (Lipinski definition) is 5. The Balaban J connectivity index is 1.62. The minimum Gasteiger partial charge on any atom is -0.494 e. The van der Waals surface area contributed by atoms with E-state index in [0.29, 0.717) is 11.8 Å². The lowest BCUT2D eigenvalue weighted by Crippen LogP contribution is -2.50. The van der Waals surface area contributed by atoms with E-state index in [1.807, 2.05) is 0 Å². The van der Waals surface area contributed by atoms with Crippen LogP contribution in [-0.2, 0) is 4.84 Å². The number of benzene rings is 2. The van der Waals surface area contributed by atoms with Crippen molar-refractivity contribution in [2.75, 3.05) is 20.3 Å². The first-order valence-corrected chi connectivity index (χ1v) is 12.1. The second kappa shape index (κ2) is 10.9. The summed E-state index contributed by atoms with van der Waals surface area (Å²) in [6, 6.07) is 17.5. The van der Waals surface area contributed by atoms with Gasteiger partial charge in [-0.3, -0.25) is 0 Å². The first-order chi connectivity index (χ1) is 15.7. The maximum atomic E-state index is 5.79. The number of fused-ring (bicyclic) bond motifs is 2. The Labute approximate surface area is 192 Å². The molecule has 2 bridgehead atoms. The van der Waals surface area contributed by atoms with Crippen molar-refractivity contribution in [1.82, 2.24) is 5.32 Å². The van der Waals surface area contributed by atoms with Crippen molar-refractivity contribution >= 4 is 5.71 Å². The van der Waals surface area contributed by atoms with E-state index in [1.165, 1.54) is 23.3 Å². The molecule has 1 saturated carbocycles. The molecule has 2 aromatic rings. The van der Waals surface area contributed by atoms with Gasteiger partial charge in [-0.25, -0.2) is 0 Å². The van der Waals surface area contributed by atoms with Gasteiger partial charge >= 0.3 is 0 Å². The molecular formula is C27H36N2O3. The molecule has 4 rings (SSSR count). The minimum absolute atomic E-state index is 0.196. The first-order valence-electron chi connectivity index (χ1n) is 12.1. The molecule has 5 heteroatoms. The van der Waals surface area contributed by atoms with Gasteiger partial charge in [0, 0.05) is 23.9 Å². The quantitative estimate of drug-likeness (QED) is 0.485. The van der Waals surface area contributed by atoms with Crippen LogP contribution in [0.1, 0.15) is 69.2 Å². The number of rotatable bonds is 9. The van der Waals surface area contributed by atoms with Crippen molar-refractivity contribution in [2.24, 2.45) is 17.0 Å². The highest BCUT2D eigenvalue weighted by molar-refractivity contribution is 5.91. The zero-order valence-electron chi connectivity index (χ0n) is 19.5. The summed E-state index contributed by atoms with van der Waals surface area (Å²) < 4.78 is 11.6. The number of nitrogens with zero attached hydrogens (tertiary/aromatic N) is 1. The maximum Gasteiger partial charge on any atom is 0.119 e. The summed E-state index contributed by atoms with van der Waals surface area (Å²) in [6.07, 6.45) is 5.48. The number of hydrogen-bond donors (Lipinski definition) is 1. The maximum absolute atomic E-state index is 5.79. The second-order valence-corrected chi connectivity index (χ2v) is 8.80. The summed E-state index contributed by atoms with van der Waals surface area (Å²) >= 11 is 0. The largest absolute Gasteiger partial charge is 0.494 e. The summed E-state index contributed by atoms with van der Waals surface area (Å²) in [5.41, 5.74) is 3.75. The third-order valence-electron chi connectivity index (χ3n) is 6.57. The van der Waals surface area contributed by atoms with E-state index in [1.54, 1.807) is 7.11 Å². The predicted octanol–water partition coefficient (Wildman–Crippen LogP) is 6.07. The molecule has 0 amide bonds. The van der Waals surface area contributed by atoms with Gasteiger partial charge in [-0.1, -0.05) is 49.7 Å². The number of oxime groups is 1. The van der Waals surface area contributed by atoms with Gasteiger partial charge in [-0.15, -0.1) is 0 Å². The van der Waals surface area contributed by atoms with E-state index in [4.69, 9.17) is 14.3 Å². The summed E-state index contributed by atoms with van der Waals surface area (Å²) in [6.45, 7) is 5.74. The molecule has 172 valence electrons. The number of ether oxygens (including phenoxy) is 2. The molecule has 2 aromatic carbocycles. The summed E-state index contributed by atoms with van der Waals surface area (Å²) in [5, 5.41) is 8.55. The van der Waals surface area contributed by atoms with Crippen LogP contribution in [0.4, 0.5) is 0 Å². The fourth-order valence-corrected chi connectivity index (χ4v) is 5.11. The molecule has 32 heavy (non-hydrogen) atoms. The summed E-state index contributed by atoms with van der Waals surface area (Å²) in [4.78, 5) is 5.33. The van der Waals surface area contributed by atoms with Crippen LogP contribution in [0.25, 0.3) is 0 Å². The van der Waals surface area contributed by atoms with E-state index in [2.05, 4.69) is 72.9 Å². The average Bonchev–Trinajstić information content (AvgIpc) is 2.83. The van der Waals surface area contributed by atoms with E-state index >= 15 is 0 Å². The molecule has 0 aromatic heterocycles. The van der Waals surface area contributed by atoms with Crippen LogP contribution in [0.2, 0.25) is 0 Å². The highest BCUT2D eigenvalue weighted by Gasteiger charge is 2.45. The lowest BCUT2D eigenvalue weighted by atomic mass is 9.67. The van der Waals surface area contributed by atoms with Crippen LogP contribution >= 0.6 is 0 Å². The van der Waals surface area contributed by atoms with Crippen LogP contribution in [0.3, 0.4) is 0 Å². The van der Waals surface area contributed by atoms with Crippen molar-refractivity contribution in [3.05, 3.63) is 59.7 Å².